The summed E-state index contributed by atoms with van der Waals surface area (Å²) in [7, 11) is 1.68. The zero-order chi connectivity index (χ0) is 23.3. The minimum Gasteiger partial charge on any atom is -0.497 e. The van der Waals surface area contributed by atoms with Crippen LogP contribution in [0.2, 0.25) is 0 Å². The quantitative estimate of drug-likeness (QED) is 0.548. The van der Waals surface area contributed by atoms with Crippen LogP contribution in [0.1, 0.15) is 31.4 Å². The molecule has 1 aliphatic heterocycles. The van der Waals surface area contributed by atoms with Gasteiger partial charge in [0.05, 0.1) is 12.5 Å². The Morgan fingerprint density at radius 3 is 2.61 bits per heavy atom. The predicted octanol–water partition coefficient (Wildman–Crippen LogP) is 4.72. The Bertz CT molecular complexity index is 1070. The first kappa shape index (κ1) is 23.0. The van der Waals surface area contributed by atoms with Crippen LogP contribution in [0.5, 0.6) is 5.75 Å². The van der Waals surface area contributed by atoms with Gasteiger partial charge in [0.2, 0.25) is 5.91 Å². The molecule has 0 saturated carbocycles. The molecule has 5 heteroatoms. The molecule has 0 bridgehead atoms. The molecule has 0 spiro atoms. The van der Waals surface area contributed by atoms with Crippen molar-refractivity contribution in [2.45, 2.75) is 39.3 Å². The van der Waals surface area contributed by atoms with Gasteiger partial charge in [0.25, 0.3) is 0 Å². The summed E-state index contributed by atoms with van der Waals surface area (Å²) in [6.45, 7) is 6.51. The molecule has 1 aliphatic rings. The molecule has 1 amide bonds. The molecule has 33 heavy (non-hydrogen) atoms. The summed E-state index contributed by atoms with van der Waals surface area (Å²) in [5.41, 5.74) is 4.19. The van der Waals surface area contributed by atoms with Crippen LogP contribution in [0.25, 0.3) is 11.1 Å². The van der Waals surface area contributed by atoms with Gasteiger partial charge in [0.15, 0.2) is 0 Å². The van der Waals surface area contributed by atoms with E-state index in [4.69, 9.17) is 4.74 Å². The molecule has 3 aromatic rings. The highest BCUT2D eigenvalue weighted by molar-refractivity contribution is 5.84. The summed E-state index contributed by atoms with van der Waals surface area (Å²) in [6, 6.07) is 20.7. The van der Waals surface area contributed by atoms with Crippen LogP contribution < -0.4 is 10.1 Å². The van der Waals surface area contributed by atoms with Gasteiger partial charge in [0.1, 0.15) is 5.75 Å². The molecule has 1 saturated heterocycles. The Labute approximate surface area is 196 Å². The van der Waals surface area contributed by atoms with Crippen LogP contribution >= 0.6 is 0 Å². The Morgan fingerprint density at radius 1 is 1.12 bits per heavy atom. The largest absolute Gasteiger partial charge is 0.497 e. The molecule has 1 atom stereocenters. The first-order chi connectivity index (χ1) is 16.0. The lowest BCUT2D eigenvalue weighted by Crippen LogP contribution is -2.46. The van der Waals surface area contributed by atoms with Gasteiger partial charge >= 0.3 is 0 Å². The maximum Gasteiger partial charge on any atom is 0.228 e. The summed E-state index contributed by atoms with van der Waals surface area (Å²) in [5.74, 6) is 1.01. The summed E-state index contributed by atoms with van der Waals surface area (Å²) in [4.78, 5) is 20.2. The number of aromatic nitrogens is 1. The van der Waals surface area contributed by atoms with E-state index in [1.807, 2.05) is 38.2 Å². The van der Waals surface area contributed by atoms with E-state index < -0.39 is 5.41 Å². The highest BCUT2D eigenvalue weighted by atomic mass is 16.5. The molecule has 5 nitrogen and oxygen atoms in total. The molecule has 172 valence electrons. The van der Waals surface area contributed by atoms with Crippen molar-refractivity contribution >= 4 is 5.91 Å². The summed E-state index contributed by atoms with van der Waals surface area (Å²) < 4.78 is 5.28. The third-order valence-electron chi connectivity index (χ3n) is 6.42. The molecule has 2 aromatic carbocycles. The topological polar surface area (TPSA) is 54.5 Å². The van der Waals surface area contributed by atoms with Gasteiger partial charge in [-0.05, 0) is 68.1 Å². The number of hydrogen-bond donors (Lipinski definition) is 1. The van der Waals surface area contributed by atoms with E-state index in [-0.39, 0.29) is 11.9 Å². The van der Waals surface area contributed by atoms with E-state index in [2.05, 4.69) is 57.7 Å². The fourth-order valence-electron chi connectivity index (χ4n) is 4.75. The van der Waals surface area contributed by atoms with Gasteiger partial charge in [-0.25, -0.2) is 0 Å². The Morgan fingerprint density at radius 2 is 1.91 bits per heavy atom. The number of amides is 1. The third-order valence-corrected chi connectivity index (χ3v) is 6.42. The zero-order valence-electron chi connectivity index (χ0n) is 19.8. The second-order valence-corrected chi connectivity index (χ2v) is 9.29. The average Bonchev–Trinajstić information content (AvgIpc) is 3.24. The number of benzene rings is 2. The van der Waals surface area contributed by atoms with Crippen molar-refractivity contribution in [2.75, 3.05) is 20.2 Å². The van der Waals surface area contributed by atoms with Gasteiger partial charge in [-0.1, -0.05) is 42.5 Å². The van der Waals surface area contributed by atoms with Crippen LogP contribution in [0.15, 0.2) is 73.1 Å². The second kappa shape index (κ2) is 10.2. The fourth-order valence-corrected chi connectivity index (χ4v) is 4.75. The molecule has 1 N–H and O–H groups in total. The van der Waals surface area contributed by atoms with E-state index >= 15 is 0 Å². The van der Waals surface area contributed by atoms with Crippen molar-refractivity contribution in [3.63, 3.8) is 0 Å². The van der Waals surface area contributed by atoms with Crippen LogP contribution in [-0.2, 0) is 17.8 Å². The van der Waals surface area contributed by atoms with E-state index in [1.165, 1.54) is 11.1 Å². The lowest BCUT2D eigenvalue weighted by molar-refractivity contribution is -0.131. The molecule has 0 radical (unpaired) electrons. The number of nitrogens with one attached hydrogen (secondary N) is 1. The van der Waals surface area contributed by atoms with Gasteiger partial charge in [0, 0.05) is 37.1 Å². The third kappa shape index (κ3) is 5.42. The minimum absolute atomic E-state index is 0.110. The van der Waals surface area contributed by atoms with Crippen LogP contribution in [-0.4, -0.2) is 42.0 Å². The normalized spacial score (nSPS) is 18.4. The standard InChI is InChI=1S/C28H33N3O2/c1-21(2)30-27(32)28(14-16-31(20-28)19-22-10-12-25(33-3)13-11-22)17-23-7-4-5-9-26(23)24-8-6-15-29-18-24/h4-13,15,18,21H,14,16-17,19-20H2,1-3H3,(H,30,32). The number of rotatable bonds is 8. The number of hydrogen-bond acceptors (Lipinski definition) is 4. The van der Waals surface area contributed by atoms with Crippen molar-refractivity contribution in [3.8, 4) is 16.9 Å². The lowest BCUT2D eigenvalue weighted by atomic mass is 9.78. The molecule has 1 aromatic heterocycles. The SMILES string of the molecule is COc1ccc(CN2CCC(Cc3ccccc3-c3cccnc3)(C(=O)NC(C)C)C2)cc1. The van der Waals surface area contributed by atoms with Crippen molar-refractivity contribution in [3.05, 3.63) is 84.2 Å². The number of pyridine rings is 1. The Hall–Kier alpha value is -3.18. The van der Waals surface area contributed by atoms with Crippen LogP contribution in [0, 0.1) is 5.41 Å². The number of ether oxygens (including phenoxy) is 1. The Kier molecular flexibility index (Phi) is 7.09. The second-order valence-electron chi connectivity index (χ2n) is 9.29. The first-order valence-electron chi connectivity index (χ1n) is 11.6. The molecule has 4 rings (SSSR count). The number of methoxy groups -OCH3 is 1. The van der Waals surface area contributed by atoms with Crippen molar-refractivity contribution in [1.82, 2.24) is 15.2 Å². The van der Waals surface area contributed by atoms with Crippen LogP contribution in [0.3, 0.4) is 0 Å². The zero-order valence-corrected chi connectivity index (χ0v) is 19.8. The van der Waals surface area contributed by atoms with Crippen molar-refractivity contribution < 1.29 is 9.53 Å². The maximum absolute atomic E-state index is 13.5. The summed E-state index contributed by atoms with van der Waals surface area (Å²) >= 11 is 0. The molecule has 0 aliphatic carbocycles. The van der Waals surface area contributed by atoms with Crippen LogP contribution in [0.4, 0.5) is 0 Å². The highest BCUT2D eigenvalue weighted by Gasteiger charge is 2.45. The molecule has 1 fully saturated rings. The van der Waals surface area contributed by atoms with E-state index in [0.717, 1.165) is 42.9 Å². The molecule has 1 unspecified atom stereocenters. The fraction of sp³-hybridized carbons (Fsp3) is 0.357. The van der Waals surface area contributed by atoms with E-state index in [0.29, 0.717) is 6.42 Å². The average molecular weight is 444 g/mol. The van der Waals surface area contributed by atoms with Crippen molar-refractivity contribution in [1.29, 1.82) is 0 Å². The maximum atomic E-state index is 13.5. The molecule has 2 heterocycles. The smallest absolute Gasteiger partial charge is 0.228 e. The van der Waals surface area contributed by atoms with E-state index in [1.54, 1.807) is 13.3 Å². The van der Waals surface area contributed by atoms with Gasteiger partial charge in [-0.2, -0.15) is 0 Å². The Balaban J connectivity index is 1.59. The van der Waals surface area contributed by atoms with Gasteiger partial charge < -0.3 is 10.1 Å². The highest BCUT2D eigenvalue weighted by Crippen LogP contribution is 2.38. The van der Waals surface area contributed by atoms with Gasteiger partial charge in [-0.15, -0.1) is 0 Å². The molecular formula is C28H33N3O2. The van der Waals surface area contributed by atoms with Gasteiger partial charge in [-0.3, -0.25) is 14.7 Å². The van der Waals surface area contributed by atoms with E-state index in [9.17, 15) is 4.79 Å². The number of likely N-dealkylation sites (tertiary alicyclic amines) is 1. The number of nitrogens with zero attached hydrogens (tertiary/aromatic N) is 2. The summed E-state index contributed by atoms with van der Waals surface area (Å²) in [6.07, 6.45) is 5.22. The monoisotopic (exact) mass is 443 g/mol. The number of carbonyl (C=O) groups excluding carboxylic acids is 1. The number of carbonyl (C=O) groups is 1. The lowest BCUT2D eigenvalue weighted by Gasteiger charge is -2.30. The van der Waals surface area contributed by atoms with Crippen molar-refractivity contribution in [2.24, 2.45) is 5.41 Å². The predicted molar refractivity (Wildman–Crippen MR) is 132 cm³/mol. The summed E-state index contributed by atoms with van der Waals surface area (Å²) in [5, 5.41) is 3.21. The molecular weight excluding hydrogens is 410 g/mol. The minimum atomic E-state index is -0.463. The first-order valence-corrected chi connectivity index (χ1v) is 11.6.